The van der Waals surface area contributed by atoms with Gasteiger partial charge in [-0.1, -0.05) is 12.1 Å². The van der Waals surface area contributed by atoms with E-state index < -0.39 is 0 Å². The Kier molecular flexibility index (Phi) is 4.79. The highest BCUT2D eigenvalue weighted by Gasteiger charge is 2.36. The van der Waals surface area contributed by atoms with Crippen molar-refractivity contribution in [3.05, 3.63) is 47.8 Å². The van der Waals surface area contributed by atoms with Gasteiger partial charge in [0, 0.05) is 31.4 Å². The number of rotatable bonds is 5. The van der Waals surface area contributed by atoms with Gasteiger partial charge in [-0.15, -0.1) is 0 Å². The van der Waals surface area contributed by atoms with E-state index >= 15 is 0 Å². The third-order valence-corrected chi connectivity index (χ3v) is 4.79. The zero-order valence-corrected chi connectivity index (χ0v) is 14.8. The lowest BCUT2D eigenvalue weighted by atomic mass is 10.1. The molecule has 0 bridgehead atoms. The van der Waals surface area contributed by atoms with Crippen LogP contribution in [0.1, 0.15) is 17.8 Å². The number of para-hydroxylation sites is 2. The van der Waals surface area contributed by atoms with E-state index in [2.05, 4.69) is 5.32 Å². The number of amides is 2. The second kappa shape index (κ2) is 7.01. The minimum Gasteiger partial charge on any atom is -0.495 e. The number of carbonyl (C=O) groups excluding carboxylic acids is 2. The summed E-state index contributed by atoms with van der Waals surface area (Å²) >= 11 is 0. The van der Waals surface area contributed by atoms with E-state index in [1.54, 1.807) is 12.0 Å². The minimum absolute atomic E-state index is 0.0561. The van der Waals surface area contributed by atoms with Gasteiger partial charge < -0.3 is 19.5 Å². The van der Waals surface area contributed by atoms with Gasteiger partial charge in [0.2, 0.25) is 11.8 Å². The smallest absolute Gasteiger partial charge is 0.227 e. The molecule has 2 aromatic rings. The Morgan fingerprint density at radius 2 is 2.04 bits per heavy atom. The molecule has 1 atom stereocenters. The number of methoxy groups -OCH3 is 1. The van der Waals surface area contributed by atoms with Crippen LogP contribution in [0.3, 0.4) is 0 Å². The van der Waals surface area contributed by atoms with Crippen molar-refractivity contribution in [1.29, 1.82) is 0 Å². The number of aromatic nitrogens is 1. The Hall–Kier alpha value is -2.76. The van der Waals surface area contributed by atoms with E-state index in [-0.39, 0.29) is 24.2 Å². The van der Waals surface area contributed by atoms with Crippen molar-refractivity contribution in [3.8, 4) is 5.75 Å². The van der Waals surface area contributed by atoms with Gasteiger partial charge in [0.15, 0.2) is 0 Å². The van der Waals surface area contributed by atoms with Gasteiger partial charge in [0.05, 0.1) is 25.3 Å². The fourth-order valence-corrected chi connectivity index (χ4v) is 3.14. The van der Waals surface area contributed by atoms with Crippen LogP contribution in [0.2, 0.25) is 0 Å². The second-order valence-corrected chi connectivity index (χ2v) is 6.32. The fourth-order valence-electron chi connectivity index (χ4n) is 3.14. The Labute approximate surface area is 147 Å². The fraction of sp³-hybridized carbons (Fsp3) is 0.368. The number of carbonyl (C=O) groups is 2. The maximum absolute atomic E-state index is 12.5. The van der Waals surface area contributed by atoms with E-state index in [0.29, 0.717) is 24.5 Å². The van der Waals surface area contributed by atoms with Crippen molar-refractivity contribution in [1.82, 2.24) is 9.88 Å². The van der Waals surface area contributed by atoms with Crippen molar-refractivity contribution < 1.29 is 14.3 Å². The van der Waals surface area contributed by atoms with Crippen molar-refractivity contribution in [2.24, 2.45) is 13.0 Å². The standard InChI is InChI=1S/C19H23N3O3/c1-13-8-9-15(21(13)2)11-20-19(24)14-10-18(23)22(12-14)16-6-4-5-7-17(16)25-3/h4-9,14H,10-12H2,1-3H3,(H,20,24)/t14-/m1/s1. The predicted octanol–water partition coefficient (Wildman–Crippen LogP) is 2.01. The summed E-state index contributed by atoms with van der Waals surface area (Å²) in [6.07, 6.45) is 0.218. The van der Waals surface area contributed by atoms with Crippen LogP contribution in [0.15, 0.2) is 36.4 Å². The molecule has 25 heavy (non-hydrogen) atoms. The van der Waals surface area contributed by atoms with Crippen LogP contribution in [0.4, 0.5) is 5.69 Å². The molecule has 0 saturated carbocycles. The summed E-state index contributed by atoms with van der Waals surface area (Å²) in [6, 6.07) is 11.4. The summed E-state index contributed by atoms with van der Waals surface area (Å²) in [5.41, 5.74) is 2.89. The maximum Gasteiger partial charge on any atom is 0.227 e. The molecule has 1 fully saturated rings. The summed E-state index contributed by atoms with van der Waals surface area (Å²) in [4.78, 5) is 26.5. The van der Waals surface area contributed by atoms with E-state index in [0.717, 1.165) is 11.4 Å². The monoisotopic (exact) mass is 341 g/mol. The molecule has 0 spiro atoms. The molecule has 2 amide bonds. The molecule has 1 aromatic carbocycles. The average Bonchev–Trinajstić information content (AvgIpc) is 3.16. The number of benzene rings is 1. The third-order valence-electron chi connectivity index (χ3n) is 4.79. The number of nitrogens with one attached hydrogen (secondary N) is 1. The van der Waals surface area contributed by atoms with Crippen LogP contribution in [0.25, 0.3) is 0 Å². The van der Waals surface area contributed by atoms with Gasteiger partial charge >= 0.3 is 0 Å². The van der Waals surface area contributed by atoms with Gasteiger partial charge in [0.25, 0.3) is 0 Å². The Morgan fingerprint density at radius 3 is 2.72 bits per heavy atom. The number of aryl methyl sites for hydroxylation is 1. The number of nitrogens with zero attached hydrogens (tertiary/aromatic N) is 2. The van der Waals surface area contributed by atoms with Gasteiger partial charge in [0.1, 0.15) is 5.75 Å². The molecule has 1 saturated heterocycles. The molecule has 1 aliphatic rings. The summed E-state index contributed by atoms with van der Waals surface area (Å²) in [6.45, 7) is 2.85. The summed E-state index contributed by atoms with van der Waals surface area (Å²) in [5.74, 6) is 0.138. The van der Waals surface area contributed by atoms with Crippen LogP contribution in [-0.2, 0) is 23.2 Å². The molecule has 1 aromatic heterocycles. The number of anilines is 1. The van der Waals surface area contributed by atoms with Crippen LogP contribution in [0, 0.1) is 12.8 Å². The predicted molar refractivity (Wildman–Crippen MR) is 95.5 cm³/mol. The summed E-state index contributed by atoms with van der Waals surface area (Å²) < 4.78 is 7.37. The average molecular weight is 341 g/mol. The number of ether oxygens (including phenoxy) is 1. The maximum atomic E-state index is 12.5. The zero-order chi connectivity index (χ0) is 18.0. The van der Waals surface area contributed by atoms with Crippen molar-refractivity contribution in [3.63, 3.8) is 0 Å². The first kappa shape index (κ1) is 17.1. The first-order valence-electron chi connectivity index (χ1n) is 8.33. The lowest BCUT2D eigenvalue weighted by Crippen LogP contribution is -2.33. The summed E-state index contributed by atoms with van der Waals surface area (Å²) in [5, 5.41) is 2.95. The Balaban J connectivity index is 1.65. The molecule has 0 radical (unpaired) electrons. The van der Waals surface area contributed by atoms with Gasteiger partial charge in [-0.3, -0.25) is 9.59 Å². The highest BCUT2D eigenvalue weighted by atomic mass is 16.5. The topological polar surface area (TPSA) is 63.6 Å². The number of hydrogen-bond acceptors (Lipinski definition) is 3. The van der Waals surface area contributed by atoms with Crippen molar-refractivity contribution >= 4 is 17.5 Å². The SMILES string of the molecule is COc1ccccc1N1C[C@H](C(=O)NCc2ccc(C)n2C)CC1=O. The highest BCUT2D eigenvalue weighted by Crippen LogP contribution is 2.32. The molecule has 1 aliphatic heterocycles. The molecular weight excluding hydrogens is 318 g/mol. The molecule has 2 heterocycles. The lowest BCUT2D eigenvalue weighted by Gasteiger charge is -2.19. The van der Waals surface area contributed by atoms with Gasteiger partial charge in [-0.25, -0.2) is 0 Å². The van der Waals surface area contributed by atoms with E-state index in [4.69, 9.17) is 4.74 Å². The third kappa shape index (κ3) is 3.38. The molecule has 6 heteroatoms. The van der Waals surface area contributed by atoms with E-state index in [1.807, 2.05) is 54.9 Å². The lowest BCUT2D eigenvalue weighted by molar-refractivity contribution is -0.126. The Bertz CT molecular complexity index is 797. The largest absolute Gasteiger partial charge is 0.495 e. The first-order chi connectivity index (χ1) is 12.0. The van der Waals surface area contributed by atoms with E-state index in [9.17, 15) is 9.59 Å². The molecule has 0 unspecified atom stereocenters. The van der Waals surface area contributed by atoms with Crippen molar-refractivity contribution in [2.45, 2.75) is 19.9 Å². The molecule has 0 aliphatic carbocycles. The van der Waals surface area contributed by atoms with E-state index in [1.165, 1.54) is 0 Å². The molecule has 6 nitrogen and oxygen atoms in total. The summed E-state index contributed by atoms with van der Waals surface area (Å²) in [7, 11) is 3.55. The number of hydrogen-bond donors (Lipinski definition) is 1. The second-order valence-electron chi connectivity index (χ2n) is 6.32. The first-order valence-corrected chi connectivity index (χ1v) is 8.33. The Morgan fingerprint density at radius 1 is 1.28 bits per heavy atom. The van der Waals surface area contributed by atoms with Gasteiger partial charge in [-0.2, -0.15) is 0 Å². The highest BCUT2D eigenvalue weighted by molar-refractivity contribution is 6.01. The van der Waals surface area contributed by atoms with Gasteiger partial charge in [-0.05, 0) is 31.2 Å². The normalized spacial score (nSPS) is 17.0. The molecular formula is C19H23N3O3. The zero-order valence-electron chi connectivity index (χ0n) is 14.8. The molecule has 1 N–H and O–H groups in total. The molecule has 132 valence electrons. The minimum atomic E-state index is -0.348. The van der Waals surface area contributed by atoms with Crippen LogP contribution in [-0.4, -0.2) is 30.0 Å². The molecule has 3 rings (SSSR count). The quantitative estimate of drug-likeness (QED) is 0.905. The van der Waals surface area contributed by atoms with Crippen LogP contribution >= 0.6 is 0 Å². The van der Waals surface area contributed by atoms with Crippen LogP contribution in [0.5, 0.6) is 5.75 Å². The van der Waals surface area contributed by atoms with Crippen molar-refractivity contribution in [2.75, 3.05) is 18.6 Å². The van der Waals surface area contributed by atoms with Crippen LogP contribution < -0.4 is 15.0 Å².